The van der Waals surface area contributed by atoms with Gasteiger partial charge in [0.05, 0.1) is 11.9 Å². The summed E-state index contributed by atoms with van der Waals surface area (Å²) >= 11 is 0. The first-order valence-corrected chi connectivity index (χ1v) is 11.4. The normalized spacial score (nSPS) is 16.4. The van der Waals surface area contributed by atoms with E-state index in [4.69, 9.17) is 0 Å². The molecule has 1 aliphatic carbocycles. The van der Waals surface area contributed by atoms with Crippen molar-refractivity contribution in [2.24, 2.45) is 0 Å². The summed E-state index contributed by atoms with van der Waals surface area (Å²) in [6, 6.07) is 6.29. The van der Waals surface area contributed by atoms with Crippen molar-refractivity contribution in [3.05, 3.63) is 24.3 Å². The predicted octanol–water partition coefficient (Wildman–Crippen LogP) is 0.181. The highest BCUT2D eigenvalue weighted by Crippen LogP contribution is 2.26. The molecule has 1 aliphatic rings. The molecule has 162 valence electrons. The molecule has 1 saturated carbocycles. The summed E-state index contributed by atoms with van der Waals surface area (Å²) in [5.41, 5.74) is 0.529. The summed E-state index contributed by atoms with van der Waals surface area (Å²) in [7, 11) is 3.23. The highest BCUT2D eigenvalue weighted by Gasteiger charge is 2.29. The van der Waals surface area contributed by atoms with Crippen LogP contribution in [0.25, 0.3) is 0 Å². The molecule has 2 rings (SSSR count). The van der Waals surface area contributed by atoms with Crippen LogP contribution in [0.15, 0.2) is 29.2 Å². The summed E-state index contributed by atoms with van der Waals surface area (Å²) in [5, 5.41) is 2.75. The molecule has 1 aromatic carbocycles. The van der Waals surface area contributed by atoms with E-state index in [1.807, 2.05) is 0 Å². The van der Waals surface area contributed by atoms with Crippen molar-refractivity contribution in [3.63, 3.8) is 0 Å². The minimum atomic E-state index is -3.55. The van der Waals surface area contributed by atoms with Crippen molar-refractivity contribution in [2.75, 3.05) is 46.6 Å². The van der Waals surface area contributed by atoms with Crippen molar-refractivity contribution < 1.29 is 22.9 Å². The molecule has 0 spiro atoms. The van der Waals surface area contributed by atoms with Gasteiger partial charge in [-0.3, -0.25) is 9.59 Å². The van der Waals surface area contributed by atoms with Crippen molar-refractivity contribution in [3.8, 4) is 0 Å². The molecule has 29 heavy (non-hydrogen) atoms. The second-order valence-electron chi connectivity index (χ2n) is 7.98. The summed E-state index contributed by atoms with van der Waals surface area (Å²) in [6.07, 6.45) is 5.09. The number of carbonyl (C=O) groups excluding carboxylic acids is 2. The third-order valence-corrected chi connectivity index (χ3v) is 7.24. The zero-order valence-corrected chi connectivity index (χ0v) is 18.6. The van der Waals surface area contributed by atoms with E-state index >= 15 is 0 Å². The zero-order chi connectivity index (χ0) is 21.6. The van der Waals surface area contributed by atoms with Crippen LogP contribution in [0.3, 0.4) is 0 Å². The first-order chi connectivity index (χ1) is 13.6. The van der Waals surface area contributed by atoms with Gasteiger partial charge in [-0.1, -0.05) is 19.3 Å². The average molecular weight is 426 g/mol. The topological polar surface area (TPSA) is 91.2 Å². The fraction of sp³-hybridized carbons (Fsp3) is 0.600. The molecule has 0 bridgehead atoms. The van der Waals surface area contributed by atoms with Gasteiger partial charge in [0.25, 0.3) is 11.8 Å². The number of benzene rings is 1. The van der Waals surface area contributed by atoms with E-state index in [1.165, 1.54) is 27.8 Å². The molecule has 0 heterocycles. The van der Waals surface area contributed by atoms with Gasteiger partial charge in [-0.25, -0.2) is 8.42 Å². The van der Waals surface area contributed by atoms with Crippen LogP contribution < -0.4 is 10.2 Å². The lowest BCUT2D eigenvalue weighted by molar-refractivity contribution is -0.862. The third kappa shape index (κ3) is 6.52. The maximum Gasteiger partial charge on any atom is 0.279 e. The molecular weight excluding hydrogens is 392 g/mol. The van der Waals surface area contributed by atoms with Gasteiger partial charge < -0.3 is 15.1 Å². The Morgan fingerprint density at radius 1 is 1.03 bits per heavy atom. The van der Waals surface area contributed by atoms with Gasteiger partial charge in [0, 0.05) is 32.9 Å². The SMILES string of the molecule is CN(C)C(=O)C[NH+](C)CC(=O)Nc1ccc(S(=O)(=O)N(C)C2CCCCC2)cc1. The predicted molar refractivity (Wildman–Crippen MR) is 112 cm³/mol. The number of nitrogens with zero attached hydrogens (tertiary/aromatic N) is 2. The summed E-state index contributed by atoms with van der Waals surface area (Å²) in [5.74, 6) is -0.282. The zero-order valence-electron chi connectivity index (χ0n) is 17.8. The lowest BCUT2D eigenvalue weighted by Gasteiger charge is -2.30. The number of hydrogen-bond acceptors (Lipinski definition) is 4. The Labute approximate surface area is 173 Å². The van der Waals surface area contributed by atoms with E-state index in [9.17, 15) is 18.0 Å². The number of rotatable bonds is 8. The molecule has 8 nitrogen and oxygen atoms in total. The number of hydrogen-bond donors (Lipinski definition) is 2. The Bertz CT molecular complexity index is 802. The minimum Gasteiger partial charge on any atom is -0.344 e. The number of anilines is 1. The van der Waals surface area contributed by atoms with E-state index in [1.54, 1.807) is 40.3 Å². The second kappa shape index (κ2) is 10.2. The van der Waals surface area contributed by atoms with Gasteiger partial charge in [-0.15, -0.1) is 0 Å². The fourth-order valence-corrected chi connectivity index (χ4v) is 4.89. The van der Waals surface area contributed by atoms with Crippen LogP contribution >= 0.6 is 0 Å². The van der Waals surface area contributed by atoms with Crippen LogP contribution in [-0.4, -0.2) is 76.8 Å². The molecule has 0 aromatic heterocycles. The number of sulfonamides is 1. The van der Waals surface area contributed by atoms with Gasteiger partial charge >= 0.3 is 0 Å². The Balaban J connectivity index is 1.95. The van der Waals surface area contributed by atoms with Gasteiger partial charge in [0.1, 0.15) is 0 Å². The van der Waals surface area contributed by atoms with E-state index < -0.39 is 10.0 Å². The number of amides is 2. The summed E-state index contributed by atoms with van der Waals surface area (Å²) in [4.78, 5) is 26.4. The van der Waals surface area contributed by atoms with E-state index in [-0.39, 0.29) is 35.8 Å². The van der Waals surface area contributed by atoms with Crippen molar-refractivity contribution in [1.29, 1.82) is 0 Å². The molecule has 1 fully saturated rings. The Kier molecular flexibility index (Phi) is 8.18. The quantitative estimate of drug-likeness (QED) is 0.622. The Morgan fingerprint density at radius 2 is 1.62 bits per heavy atom. The number of likely N-dealkylation sites (N-methyl/N-ethyl adjacent to an activating group) is 2. The molecule has 1 aromatic rings. The molecule has 1 atom stereocenters. The molecule has 2 amide bonds. The summed E-state index contributed by atoms with van der Waals surface area (Å²) < 4.78 is 27.2. The van der Waals surface area contributed by atoms with E-state index in [0.717, 1.165) is 30.6 Å². The highest BCUT2D eigenvalue weighted by molar-refractivity contribution is 7.89. The van der Waals surface area contributed by atoms with Crippen LogP contribution in [0.4, 0.5) is 5.69 Å². The van der Waals surface area contributed by atoms with Gasteiger partial charge in [-0.2, -0.15) is 4.31 Å². The van der Waals surface area contributed by atoms with E-state index in [2.05, 4.69) is 5.32 Å². The number of quaternary nitrogens is 1. The van der Waals surface area contributed by atoms with E-state index in [0.29, 0.717) is 5.69 Å². The van der Waals surface area contributed by atoms with Crippen LogP contribution in [0.5, 0.6) is 0 Å². The van der Waals surface area contributed by atoms with Gasteiger partial charge in [-0.05, 0) is 37.1 Å². The molecule has 0 saturated heterocycles. The molecule has 1 unspecified atom stereocenters. The molecular formula is C20H33N4O4S+. The maximum absolute atomic E-state index is 12.9. The average Bonchev–Trinajstić information content (AvgIpc) is 2.68. The van der Waals surface area contributed by atoms with Crippen LogP contribution in [0.1, 0.15) is 32.1 Å². The molecule has 2 N–H and O–H groups in total. The number of carbonyl (C=O) groups is 2. The van der Waals surface area contributed by atoms with Crippen LogP contribution in [-0.2, 0) is 19.6 Å². The first-order valence-electron chi connectivity index (χ1n) is 10.0. The van der Waals surface area contributed by atoms with Crippen molar-refractivity contribution >= 4 is 27.5 Å². The standard InChI is InChI=1S/C20H32N4O4S/c1-22(2)20(26)15-23(3)14-19(25)21-16-10-12-18(13-11-16)29(27,28)24(4)17-8-6-5-7-9-17/h10-13,17H,5-9,14-15H2,1-4H3,(H,21,25)/p+1. The minimum absolute atomic E-state index is 0.0491. The fourth-order valence-electron chi connectivity index (χ4n) is 3.48. The number of nitrogens with one attached hydrogen (secondary N) is 2. The molecule has 0 aliphatic heterocycles. The third-order valence-electron chi connectivity index (χ3n) is 5.32. The van der Waals surface area contributed by atoms with Crippen LogP contribution in [0, 0.1) is 0 Å². The second-order valence-corrected chi connectivity index (χ2v) is 9.98. The lowest BCUT2D eigenvalue weighted by Crippen LogP contribution is -3.11. The largest absolute Gasteiger partial charge is 0.344 e. The van der Waals surface area contributed by atoms with Gasteiger partial charge in [0.2, 0.25) is 10.0 Å². The summed E-state index contributed by atoms with van der Waals surface area (Å²) in [6.45, 7) is 0.370. The van der Waals surface area contributed by atoms with Crippen molar-refractivity contribution in [1.82, 2.24) is 9.21 Å². The Morgan fingerprint density at radius 3 is 2.17 bits per heavy atom. The maximum atomic E-state index is 12.9. The Hall–Kier alpha value is -1.97. The molecule has 9 heteroatoms. The van der Waals surface area contributed by atoms with Gasteiger partial charge in [0.15, 0.2) is 13.1 Å². The molecule has 0 radical (unpaired) electrons. The highest BCUT2D eigenvalue weighted by atomic mass is 32.2. The van der Waals surface area contributed by atoms with Crippen LogP contribution in [0.2, 0.25) is 0 Å². The first kappa shape index (κ1) is 23.3. The smallest absolute Gasteiger partial charge is 0.279 e. The monoisotopic (exact) mass is 425 g/mol. The lowest BCUT2D eigenvalue weighted by atomic mass is 9.96. The van der Waals surface area contributed by atoms with Crippen molar-refractivity contribution in [2.45, 2.75) is 43.0 Å².